The monoisotopic (exact) mass is 283 g/mol. The lowest BCUT2D eigenvalue weighted by Crippen LogP contribution is -2.40. The van der Waals surface area contributed by atoms with Gasteiger partial charge in [-0.25, -0.2) is 9.78 Å². The van der Waals surface area contributed by atoms with Crippen LogP contribution in [0.1, 0.15) is 36.5 Å². The van der Waals surface area contributed by atoms with E-state index in [9.17, 15) is 4.79 Å². The standard InChI is InChI=1S/C13H21N3O2S/c1-3-11(12-15-9(2)8-19-12)16-13(17)14-6-10-4-5-18-7-10/h8,10-11H,3-7H2,1-2H3,(H2,14,16,17). The molecule has 106 valence electrons. The molecule has 0 aliphatic carbocycles. The van der Waals surface area contributed by atoms with Crippen molar-refractivity contribution < 1.29 is 9.53 Å². The molecule has 0 bridgehead atoms. The number of amides is 2. The molecule has 0 spiro atoms. The van der Waals surface area contributed by atoms with Gasteiger partial charge in [0.25, 0.3) is 0 Å². The number of carbonyl (C=O) groups excluding carboxylic acids is 1. The molecule has 6 heteroatoms. The molecule has 1 aliphatic heterocycles. The van der Waals surface area contributed by atoms with Gasteiger partial charge >= 0.3 is 6.03 Å². The number of hydrogen-bond donors (Lipinski definition) is 2. The largest absolute Gasteiger partial charge is 0.381 e. The highest BCUT2D eigenvalue weighted by molar-refractivity contribution is 7.09. The van der Waals surface area contributed by atoms with Crippen molar-refractivity contribution in [2.24, 2.45) is 5.92 Å². The second kappa shape index (κ2) is 6.86. The van der Waals surface area contributed by atoms with E-state index in [2.05, 4.69) is 15.6 Å². The highest BCUT2D eigenvalue weighted by atomic mass is 32.1. The Morgan fingerprint density at radius 3 is 3.11 bits per heavy atom. The molecule has 1 fully saturated rings. The Hall–Kier alpha value is -1.14. The number of urea groups is 1. The molecule has 1 aromatic heterocycles. The fourth-order valence-corrected chi connectivity index (χ4v) is 2.99. The van der Waals surface area contributed by atoms with Crippen molar-refractivity contribution in [1.29, 1.82) is 0 Å². The average Bonchev–Trinajstić information content (AvgIpc) is 3.04. The van der Waals surface area contributed by atoms with Gasteiger partial charge in [-0.15, -0.1) is 11.3 Å². The van der Waals surface area contributed by atoms with Crippen molar-refractivity contribution in [3.05, 3.63) is 16.1 Å². The maximum atomic E-state index is 11.9. The van der Waals surface area contributed by atoms with Gasteiger partial charge in [-0.3, -0.25) is 0 Å². The molecule has 1 aromatic rings. The van der Waals surface area contributed by atoms with Crippen molar-refractivity contribution in [1.82, 2.24) is 15.6 Å². The van der Waals surface area contributed by atoms with E-state index < -0.39 is 0 Å². The van der Waals surface area contributed by atoms with Crippen LogP contribution in [0.15, 0.2) is 5.38 Å². The van der Waals surface area contributed by atoms with Gasteiger partial charge in [0.05, 0.1) is 12.6 Å². The van der Waals surface area contributed by atoms with E-state index in [4.69, 9.17) is 4.74 Å². The van der Waals surface area contributed by atoms with Crippen molar-refractivity contribution >= 4 is 17.4 Å². The Morgan fingerprint density at radius 2 is 2.53 bits per heavy atom. The molecule has 2 heterocycles. The molecule has 1 saturated heterocycles. The van der Waals surface area contributed by atoms with E-state index in [1.165, 1.54) is 0 Å². The van der Waals surface area contributed by atoms with Crippen LogP contribution in [0.25, 0.3) is 0 Å². The summed E-state index contributed by atoms with van der Waals surface area (Å²) in [5.74, 6) is 0.452. The number of nitrogens with zero attached hydrogens (tertiary/aromatic N) is 1. The van der Waals surface area contributed by atoms with Crippen LogP contribution in [-0.4, -0.2) is 30.8 Å². The number of hydrogen-bond acceptors (Lipinski definition) is 4. The van der Waals surface area contributed by atoms with Gasteiger partial charge in [0.2, 0.25) is 0 Å². The summed E-state index contributed by atoms with van der Waals surface area (Å²) < 4.78 is 5.28. The van der Waals surface area contributed by atoms with Gasteiger partial charge in [0.1, 0.15) is 5.01 Å². The fourth-order valence-electron chi connectivity index (χ4n) is 2.06. The average molecular weight is 283 g/mol. The van der Waals surface area contributed by atoms with E-state index >= 15 is 0 Å². The zero-order chi connectivity index (χ0) is 13.7. The van der Waals surface area contributed by atoms with E-state index in [-0.39, 0.29) is 12.1 Å². The second-order valence-electron chi connectivity index (χ2n) is 4.87. The normalized spacial score (nSPS) is 20.2. The first-order chi connectivity index (χ1) is 9.19. The minimum atomic E-state index is -0.119. The smallest absolute Gasteiger partial charge is 0.315 e. The topological polar surface area (TPSA) is 63.2 Å². The van der Waals surface area contributed by atoms with Gasteiger partial charge in [0, 0.05) is 30.1 Å². The summed E-state index contributed by atoms with van der Waals surface area (Å²) in [6.45, 7) is 6.26. The summed E-state index contributed by atoms with van der Waals surface area (Å²) in [5, 5.41) is 8.87. The van der Waals surface area contributed by atoms with E-state index in [1.807, 2.05) is 19.2 Å². The molecule has 2 atom stereocenters. The maximum absolute atomic E-state index is 11.9. The summed E-state index contributed by atoms with van der Waals surface area (Å²) in [5.41, 5.74) is 1.00. The van der Waals surface area contributed by atoms with Gasteiger partial charge in [-0.1, -0.05) is 6.92 Å². The number of carbonyl (C=O) groups is 1. The number of rotatable bonds is 5. The molecule has 2 unspecified atom stereocenters. The minimum absolute atomic E-state index is 0.00136. The van der Waals surface area contributed by atoms with Gasteiger partial charge in [0.15, 0.2) is 0 Å². The highest BCUT2D eigenvalue weighted by Crippen LogP contribution is 2.20. The molecule has 0 aromatic carbocycles. The third-order valence-corrected chi connectivity index (χ3v) is 4.30. The summed E-state index contributed by atoms with van der Waals surface area (Å²) >= 11 is 1.59. The number of ether oxygens (including phenoxy) is 1. The van der Waals surface area contributed by atoms with Crippen LogP contribution in [0, 0.1) is 12.8 Å². The third kappa shape index (κ3) is 4.18. The predicted molar refractivity (Wildman–Crippen MR) is 75.3 cm³/mol. The quantitative estimate of drug-likeness (QED) is 0.871. The molecule has 2 N–H and O–H groups in total. The zero-order valence-electron chi connectivity index (χ0n) is 11.4. The highest BCUT2D eigenvalue weighted by Gasteiger charge is 2.18. The molecule has 2 rings (SSSR count). The van der Waals surface area contributed by atoms with Crippen molar-refractivity contribution in [2.75, 3.05) is 19.8 Å². The molecular weight excluding hydrogens is 262 g/mol. The Bertz CT molecular complexity index is 416. The van der Waals surface area contributed by atoms with E-state index in [0.717, 1.165) is 36.8 Å². The van der Waals surface area contributed by atoms with Crippen LogP contribution < -0.4 is 10.6 Å². The van der Waals surface area contributed by atoms with Gasteiger partial charge in [-0.05, 0) is 19.8 Å². The van der Waals surface area contributed by atoms with E-state index in [1.54, 1.807) is 11.3 Å². The zero-order valence-corrected chi connectivity index (χ0v) is 12.3. The van der Waals surface area contributed by atoms with Crippen molar-refractivity contribution in [3.8, 4) is 0 Å². The molecule has 19 heavy (non-hydrogen) atoms. The first-order valence-electron chi connectivity index (χ1n) is 6.73. The summed E-state index contributed by atoms with van der Waals surface area (Å²) in [6, 6.07) is -0.120. The molecule has 0 radical (unpaired) electrons. The second-order valence-corrected chi connectivity index (χ2v) is 5.76. The molecule has 2 amide bonds. The van der Waals surface area contributed by atoms with Gasteiger partial charge < -0.3 is 15.4 Å². The molecule has 5 nitrogen and oxygen atoms in total. The molecule has 1 aliphatic rings. The first kappa shape index (κ1) is 14.3. The number of nitrogens with one attached hydrogen (secondary N) is 2. The number of aryl methyl sites for hydroxylation is 1. The number of thiazole rings is 1. The Kier molecular flexibility index (Phi) is 5.15. The molecular formula is C13H21N3O2S. The predicted octanol–water partition coefficient (Wildman–Crippen LogP) is 2.24. The van der Waals surface area contributed by atoms with Crippen LogP contribution in [0.3, 0.4) is 0 Å². The lowest BCUT2D eigenvalue weighted by Gasteiger charge is -2.16. The Labute approximate surface area is 117 Å². The summed E-state index contributed by atoms with van der Waals surface area (Å²) in [6.07, 6.45) is 1.87. The lowest BCUT2D eigenvalue weighted by atomic mass is 10.1. The maximum Gasteiger partial charge on any atom is 0.315 e. The van der Waals surface area contributed by atoms with Crippen molar-refractivity contribution in [2.45, 2.75) is 32.7 Å². The lowest BCUT2D eigenvalue weighted by molar-refractivity contribution is 0.185. The van der Waals surface area contributed by atoms with E-state index in [0.29, 0.717) is 12.5 Å². The van der Waals surface area contributed by atoms with Crippen LogP contribution in [0.2, 0.25) is 0 Å². The summed E-state index contributed by atoms with van der Waals surface area (Å²) in [7, 11) is 0. The van der Waals surface area contributed by atoms with Crippen LogP contribution >= 0.6 is 11.3 Å². The molecule has 0 saturated carbocycles. The summed E-state index contributed by atoms with van der Waals surface area (Å²) in [4.78, 5) is 16.3. The van der Waals surface area contributed by atoms with Crippen LogP contribution in [0.5, 0.6) is 0 Å². The first-order valence-corrected chi connectivity index (χ1v) is 7.61. The minimum Gasteiger partial charge on any atom is -0.381 e. The third-order valence-electron chi connectivity index (χ3n) is 3.22. The van der Waals surface area contributed by atoms with Gasteiger partial charge in [-0.2, -0.15) is 0 Å². The Morgan fingerprint density at radius 1 is 1.68 bits per heavy atom. The number of aromatic nitrogens is 1. The fraction of sp³-hybridized carbons (Fsp3) is 0.692. The Balaban J connectivity index is 1.79. The van der Waals surface area contributed by atoms with Crippen LogP contribution in [0.4, 0.5) is 4.79 Å². The van der Waals surface area contributed by atoms with Crippen LogP contribution in [-0.2, 0) is 4.74 Å². The SMILES string of the molecule is CCC(NC(=O)NCC1CCOC1)c1nc(C)cs1. The van der Waals surface area contributed by atoms with Crippen molar-refractivity contribution in [3.63, 3.8) is 0 Å².